The third-order valence-electron chi connectivity index (χ3n) is 5.04. The Bertz CT molecular complexity index is 852. The van der Waals surface area contributed by atoms with Crippen molar-refractivity contribution in [2.45, 2.75) is 12.5 Å². The summed E-state index contributed by atoms with van der Waals surface area (Å²) >= 11 is 0. The van der Waals surface area contributed by atoms with Gasteiger partial charge in [-0.3, -0.25) is 9.69 Å². The van der Waals surface area contributed by atoms with Gasteiger partial charge in [0, 0.05) is 25.2 Å². The predicted molar refractivity (Wildman–Crippen MR) is 106 cm³/mol. The van der Waals surface area contributed by atoms with Crippen LogP contribution in [0.5, 0.6) is 11.5 Å². The van der Waals surface area contributed by atoms with Crippen molar-refractivity contribution in [2.75, 3.05) is 33.9 Å². The maximum absolute atomic E-state index is 13.1. The number of hydrogen-bond donors (Lipinski definition) is 1. The second kappa shape index (κ2) is 8.89. The van der Waals surface area contributed by atoms with Crippen LogP contribution < -0.4 is 14.8 Å². The monoisotopic (exact) mass is 384 g/mol. The molecule has 148 valence electrons. The number of fused-ring (bicyclic) bond motifs is 1. The van der Waals surface area contributed by atoms with Crippen molar-refractivity contribution >= 4 is 5.91 Å². The number of amides is 1. The van der Waals surface area contributed by atoms with E-state index in [-0.39, 0.29) is 17.8 Å². The summed E-state index contributed by atoms with van der Waals surface area (Å²) in [6.45, 7) is 5.84. The maximum Gasteiger partial charge on any atom is 0.251 e. The van der Waals surface area contributed by atoms with Crippen molar-refractivity contribution in [2.24, 2.45) is 0 Å². The van der Waals surface area contributed by atoms with Crippen molar-refractivity contribution in [3.05, 3.63) is 71.6 Å². The van der Waals surface area contributed by atoms with Crippen LogP contribution in [-0.2, 0) is 6.42 Å². The SMILES string of the molecule is C=CCN1CCc2cc(OC)c(OC)cc2[C@@H]1CNC(=O)c1ccc(F)cc1. The number of halogens is 1. The van der Waals surface area contributed by atoms with Crippen LogP contribution in [0, 0.1) is 5.82 Å². The molecule has 1 atom stereocenters. The Hall–Kier alpha value is -2.86. The fourth-order valence-corrected chi connectivity index (χ4v) is 3.60. The van der Waals surface area contributed by atoms with Crippen molar-refractivity contribution < 1.29 is 18.7 Å². The highest BCUT2D eigenvalue weighted by Gasteiger charge is 2.29. The number of carbonyl (C=O) groups is 1. The second-order valence-corrected chi connectivity index (χ2v) is 6.67. The third kappa shape index (κ3) is 4.17. The van der Waals surface area contributed by atoms with Gasteiger partial charge in [-0.15, -0.1) is 6.58 Å². The second-order valence-electron chi connectivity index (χ2n) is 6.67. The Kier molecular flexibility index (Phi) is 6.31. The molecular weight excluding hydrogens is 359 g/mol. The molecule has 0 radical (unpaired) electrons. The number of carbonyl (C=O) groups excluding carboxylic acids is 1. The van der Waals surface area contributed by atoms with Gasteiger partial charge in [0.1, 0.15) is 5.82 Å². The van der Waals surface area contributed by atoms with E-state index in [0.717, 1.165) is 18.5 Å². The van der Waals surface area contributed by atoms with Crippen molar-refractivity contribution in [3.8, 4) is 11.5 Å². The maximum atomic E-state index is 13.1. The molecule has 2 aromatic carbocycles. The highest BCUT2D eigenvalue weighted by atomic mass is 19.1. The molecule has 0 saturated heterocycles. The van der Waals surface area contributed by atoms with Crippen molar-refractivity contribution in [1.29, 1.82) is 0 Å². The van der Waals surface area contributed by atoms with Gasteiger partial charge in [0.2, 0.25) is 0 Å². The highest BCUT2D eigenvalue weighted by Crippen LogP contribution is 2.37. The van der Waals surface area contributed by atoms with Gasteiger partial charge in [-0.1, -0.05) is 6.08 Å². The van der Waals surface area contributed by atoms with E-state index in [1.54, 1.807) is 14.2 Å². The molecule has 0 aliphatic carbocycles. The molecular formula is C22H25FN2O3. The lowest BCUT2D eigenvalue weighted by molar-refractivity contribution is 0.0932. The molecule has 0 saturated carbocycles. The minimum atomic E-state index is -0.365. The van der Waals surface area contributed by atoms with E-state index in [0.29, 0.717) is 30.2 Å². The average molecular weight is 384 g/mol. The molecule has 0 bridgehead atoms. The van der Waals surface area contributed by atoms with Gasteiger partial charge in [-0.05, 0) is 53.9 Å². The molecule has 5 nitrogen and oxygen atoms in total. The molecule has 0 spiro atoms. The van der Waals surface area contributed by atoms with Gasteiger partial charge >= 0.3 is 0 Å². The zero-order chi connectivity index (χ0) is 20.1. The minimum absolute atomic E-state index is 0.0223. The molecule has 6 heteroatoms. The van der Waals surface area contributed by atoms with E-state index in [2.05, 4.69) is 16.8 Å². The van der Waals surface area contributed by atoms with Crippen molar-refractivity contribution in [3.63, 3.8) is 0 Å². The Balaban J connectivity index is 1.85. The predicted octanol–water partition coefficient (Wildman–Crippen LogP) is 3.36. The Morgan fingerprint density at radius 3 is 2.57 bits per heavy atom. The lowest BCUT2D eigenvalue weighted by Crippen LogP contribution is -2.42. The topological polar surface area (TPSA) is 50.8 Å². The molecule has 2 aromatic rings. The first kappa shape index (κ1) is 19.9. The number of hydrogen-bond acceptors (Lipinski definition) is 4. The molecule has 3 rings (SSSR count). The summed E-state index contributed by atoms with van der Waals surface area (Å²) in [5.74, 6) is 0.770. The minimum Gasteiger partial charge on any atom is -0.493 e. The first-order valence-electron chi connectivity index (χ1n) is 9.21. The Labute approximate surface area is 164 Å². The number of nitrogens with one attached hydrogen (secondary N) is 1. The molecule has 1 aliphatic rings. The Morgan fingerprint density at radius 1 is 1.25 bits per heavy atom. The van der Waals surface area contributed by atoms with E-state index >= 15 is 0 Å². The number of benzene rings is 2. The average Bonchev–Trinajstić information content (AvgIpc) is 2.72. The zero-order valence-electron chi connectivity index (χ0n) is 16.2. The number of nitrogens with zero attached hydrogens (tertiary/aromatic N) is 1. The molecule has 28 heavy (non-hydrogen) atoms. The molecule has 1 aliphatic heterocycles. The van der Waals surface area contributed by atoms with Gasteiger partial charge in [-0.2, -0.15) is 0 Å². The molecule has 0 aromatic heterocycles. The van der Waals surface area contributed by atoms with Crippen LogP contribution >= 0.6 is 0 Å². The largest absolute Gasteiger partial charge is 0.493 e. The zero-order valence-corrected chi connectivity index (χ0v) is 16.2. The first-order valence-corrected chi connectivity index (χ1v) is 9.21. The highest BCUT2D eigenvalue weighted by molar-refractivity contribution is 5.94. The van der Waals surface area contributed by atoms with Gasteiger partial charge in [0.25, 0.3) is 5.91 Å². The molecule has 1 N–H and O–H groups in total. The van der Waals surface area contributed by atoms with Crippen LogP contribution in [0.1, 0.15) is 27.5 Å². The van der Waals surface area contributed by atoms with E-state index in [9.17, 15) is 9.18 Å². The lowest BCUT2D eigenvalue weighted by Gasteiger charge is -2.37. The van der Waals surface area contributed by atoms with Crippen LogP contribution in [0.15, 0.2) is 49.1 Å². The number of methoxy groups -OCH3 is 2. The van der Waals surface area contributed by atoms with Gasteiger partial charge in [-0.25, -0.2) is 4.39 Å². The van der Waals surface area contributed by atoms with Gasteiger partial charge < -0.3 is 14.8 Å². The first-order chi connectivity index (χ1) is 13.6. The van der Waals surface area contributed by atoms with E-state index in [1.165, 1.54) is 29.8 Å². The fourth-order valence-electron chi connectivity index (χ4n) is 3.60. The summed E-state index contributed by atoms with van der Waals surface area (Å²) in [6, 6.07) is 9.50. The van der Waals surface area contributed by atoms with Crippen LogP contribution in [0.4, 0.5) is 4.39 Å². The lowest BCUT2D eigenvalue weighted by atomic mass is 9.91. The molecule has 1 amide bonds. The van der Waals surface area contributed by atoms with Crippen LogP contribution in [0.3, 0.4) is 0 Å². The molecule has 1 heterocycles. The molecule has 0 fully saturated rings. The third-order valence-corrected chi connectivity index (χ3v) is 5.04. The Morgan fingerprint density at radius 2 is 1.93 bits per heavy atom. The summed E-state index contributed by atoms with van der Waals surface area (Å²) in [7, 11) is 3.23. The standard InChI is InChI=1S/C22H25FN2O3/c1-4-10-25-11-9-16-12-20(27-2)21(28-3)13-18(16)19(25)14-24-22(26)15-5-7-17(23)8-6-15/h4-8,12-13,19H,1,9-11,14H2,2-3H3,(H,24,26)/t19-/m0/s1. The number of rotatable bonds is 7. The van der Waals surface area contributed by atoms with Gasteiger partial charge in [0.05, 0.1) is 20.3 Å². The van der Waals surface area contributed by atoms with E-state index < -0.39 is 0 Å². The summed E-state index contributed by atoms with van der Waals surface area (Å²) in [5, 5.41) is 2.97. The summed E-state index contributed by atoms with van der Waals surface area (Å²) < 4.78 is 24.0. The van der Waals surface area contributed by atoms with E-state index in [4.69, 9.17) is 9.47 Å². The molecule has 0 unspecified atom stereocenters. The van der Waals surface area contributed by atoms with Crippen molar-refractivity contribution in [1.82, 2.24) is 10.2 Å². The van der Waals surface area contributed by atoms with Crippen LogP contribution in [0.2, 0.25) is 0 Å². The summed E-state index contributed by atoms with van der Waals surface area (Å²) in [5.41, 5.74) is 2.71. The summed E-state index contributed by atoms with van der Waals surface area (Å²) in [4.78, 5) is 14.8. The van der Waals surface area contributed by atoms with Crippen LogP contribution in [0.25, 0.3) is 0 Å². The summed E-state index contributed by atoms with van der Waals surface area (Å²) in [6.07, 6.45) is 2.74. The van der Waals surface area contributed by atoms with Crippen LogP contribution in [-0.4, -0.2) is 44.7 Å². The smallest absolute Gasteiger partial charge is 0.251 e. The fraction of sp³-hybridized carbons (Fsp3) is 0.318. The quantitative estimate of drug-likeness (QED) is 0.744. The normalized spacial score (nSPS) is 16.2. The van der Waals surface area contributed by atoms with Gasteiger partial charge in [0.15, 0.2) is 11.5 Å². The van der Waals surface area contributed by atoms with E-state index in [1.807, 2.05) is 18.2 Å². The number of ether oxygens (including phenoxy) is 2.